The maximum Gasteiger partial charge on any atom is 0.335 e. The summed E-state index contributed by atoms with van der Waals surface area (Å²) in [5.41, 5.74) is -0.0689. The van der Waals surface area contributed by atoms with Crippen LogP contribution in [0.2, 0.25) is 0 Å². The molecule has 104 valence electrons. The van der Waals surface area contributed by atoms with Gasteiger partial charge in [0, 0.05) is 18.2 Å². The SMILES string of the molecule is O=C(O)c1ccc([N+](=O)[O-])cc1.Oc1cccc(O)c1. The van der Waals surface area contributed by atoms with Crippen molar-refractivity contribution in [3.8, 4) is 11.5 Å². The molecule has 0 aromatic heterocycles. The third-order valence-corrected chi connectivity index (χ3v) is 2.15. The first-order valence-corrected chi connectivity index (χ1v) is 5.36. The van der Waals surface area contributed by atoms with Crippen molar-refractivity contribution in [3.05, 3.63) is 64.2 Å². The predicted octanol–water partition coefficient (Wildman–Crippen LogP) is 2.39. The maximum atomic E-state index is 10.3. The highest BCUT2D eigenvalue weighted by molar-refractivity contribution is 5.87. The molecule has 0 heterocycles. The zero-order valence-corrected chi connectivity index (χ0v) is 10.1. The molecule has 0 unspecified atom stereocenters. The number of nitro benzene ring substituents is 1. The molecule has 20 heavy (non-hydrogen) atoms. The minimum atomic E-state index is -1.09. The first kappa shape index (κ1) is 15.0. The summed E-state index contributed by atoms with van der Waals surface area (Å²) < 4.78 is 0. The average Bonchev–Trinajstić information content (AvgIpc) is 2.39. The van der Waals surface area contributed by atoms with Gasteiger partial charge in [-0.15, -0.1) is 0 Å². The minimum absolute atomic E-state index is 0.0422. The Bertz CT molecular complexity index is 558. The van der Waals surface area contributed by atoms with Gasteiger partial charge in [0.25, 0.3) is 5.69 Å². The monoisotopic (exact) mass is 277 g/mol. The van der Waals surface area contributed by atoms with Gasteiger partial charge in [-0.2, -0.15) is 0 Å². The Hall–Kier alpha value is -3.09. The number of non-ortho nitro benzene ring substituents is 1. The molecule has 0 spiro atoms. The molecule has 0 amide bonds. The molecule has 7 heteroatoms. The lowest BCUT2D eigenvalue weighted by Crippen LogP contribution is -1.96. The molecule has 0 atom stereocenters. The quantitative estimate of drug-likeness (QED) is 0.572. The highest BCUT2D eigenvalue weighted by Gasteiger charge is 2.06. The summed E-state index contributed by atoms with van der Waals surface area (Å²) >= 11 is 0. The van der Waals surface area contributed by atoms with E-state index in [0.717, 1.165) is 12.1 Å². The van der Waals surface area contributed by atoms with Gasteiger partial charge in [-0.1, -0.05) is 6.07 Å². The fourth-order valence-electron chi connectivity index (χ4n) is 1.22. The lowest BCUT2D eigenvalue weighted by molar-refractivity contribution is -0.384. The number of hydrogen-bond donors (Lipinski definition) is 3. The lowest BCUT2D eigenvalue weighted by atomic mass is 10.2. The lowest BCUT2D eigenvalue weighted by Gasteiger charge is -1.92. The molecule has 2 aromatic rings. The van der Waals surface area contributed by atoms with E-state index in [4.69, 9.17) is 15.3 Å². The first-order chi connectivity index (χ1) is 9.40. The summed E-state index contributed by atoms with van der Waals surface area (Å²) in [5, 5.41) is 35.9. The number of aromatic carboxylic acids is 1. The van der Waals surface area contributed by atoms with Gasteiger partial charge in [-0.3, -0.25) is 10.1 Å². The Balaban J connectivity index is 0.000000217. The second-order valence-electron chi connectivity index (χ2n) is 3.63. The highest BCUT2D eigenvalue weighted by atomic mass is 16.6. The molecule has 0 saturated heterocycles. The summed E-state index contributed by atoms with van der Waals surface area (Å²) in [6.07, 6.45) is 0. The van der Waals surface area contributed by atoms with Crippen LogP contribution in [0, 0.1) is 10.1 Å². The number of nitro groups is 1. The number of nitrogens with zero attached hydrogens (tertiary/aromatic N) is 1. The third kappa shape index (κ3) is 4.65. The molecule has 0 radical (unpaired) electrons. The molecule has 0 aliphatic rings. The molecule has 0 aliphatic carbocycles. The van der Waals surface area contributed by atoms with Gasteiger partial charge in [0.15, 0.2) is 0 Å². The van der Waals surface area contributed by atoms with E-state index in [1.54, 1.807) is 6.07 Å². The zero-order valence-electron chi connectivity index (χ0n) is 10.1. The van der Waals surface area contributed by atoms with E-state index in [9.17, 15) is 14.9 Å². The van der Waals surface area contributed by atoms with E-state index in [-0.39, 0.29) is 22.7 Å². The molecule has 7 nitrogen and oxygen atoms in total. The molecular formula is C13H11NO6. The fraction of sp³-hybridized carbons (Fsp3) is 0. The third-order valence-electron chi connectivity index (χ3n) is 2.15. The molecular weight excluding hydrogens is 266 g/mol. The Morgan fingerprint density at radius 2 is 1.50 bits per heavy atom. The Morgan fingerprint density at radius 3 is 1.80 bits per heavy atom. The Kier molecular flexibility index (Phi) is 5.04. The van der Waals surface area contributed by atoms with Crippen molar-refractivity contribution < 1.29 is 25.0 Å². The van der Waals surface area contributed by atoms with Crippen LogP contribution in [0.25, 0.3) is 0 Å². The number of phenols is 2. The minimum Gasteiger partial charge on any atom is -0.508 e. The largest absolute Gasteiger partial charge is 0.508 e. The molecule has 2 rings (SSSR count). The van der Waals surface area contributed by atoms with Gasteiger partial charge < -0.3 is 15.3 Å². The number of aromatic hydroxyl groups is 2. The number of carboxylic acid groups (broad SMARTS) is 1. The number of carbonyl (C=O) groups is 1. The van der Waals surface area contributed by atoms with Crippen molar-refractivity contribution in [2.45, 2.75) is 0 Å². The van der Waals surface area contributed by atoms with E-state index in [2.05, 4.69) is 0 Å². The van der Waals surface area contributed by atoms with Crippen LogP contribution < -0.4 is 0 Å². The second kappa shape index (κ2) is 6.74. The van der Waals surface area contributed by atoms with Crippen LogP contribution in [0.15, 0.2) is 48.5 Å². The smallest absolute Gasteiger partial charge is 0.335 e. The van der Waals surface area contributed by atoms with Gasteiger partial charge >= 0.3 is 5.97 Å². The molecule has 2 aromatic carbocycles. The van der Waals surface area contributed by atoms with Crippen LogP contribution in [0.3, 0.4) is 0 Å². The van der Waals surface area contributed by atoms with Crippen LogP contribution in [0.5, 0.6) is 11.5 Å². The molecule has 3 N–H and O–H groups in total. The van der Waals surface area contributed by atoms with Crippen molar-refractivity contribution in [3.63, 3.8) is 0 Å². The van der Waals surface area contributed by atoms with Gasteiger partial charge in [0.1, 0.15) is 11.5 Å². The summed E-state index contributed by atoms with van der Waals surface area (Å²) in [7, 11) is 0. The topological polar surface area (TPSA) is 121 Å². The zero-order chi connectivity index (χ0) is 15.1. The Labute approximate surface area is 113 Å². The van der Waals surface area contributed by atoms with Crippen molar-refractivity contribution in [2.24, 2.45) is 0 Å². The molecule has 0 saturated carbocycles. The Morgan fingerprint density at radius 1 is 1.00 bits per heavy atom. The predicted molar refractivity (Wildman–Crippen MR) is 69.8 cm³/mol. The van der Waals surface area contributed by atoms with Gasteiger partial charge in [-0.05, 0) is 24.3 Å². The molecule has 0 fully saturated rings. The average molecular weight is 277 g/mol. The number of phenolic OH excluding ortho intramolecular Hbond substituents is 2. The summed E-state index contributed by atoms with van der Waals surface area (Å²) in [5.74, 6) is -0.917. The highest BCUT2D eigenvalue weighted by Crippen LogP contribution is 2.14. The second-order valence-corrected chi connectivity index (χ2v) is 3.63. The summed E-state index contributed by atoms with van der Waals surface area (Å²) in [6.45, 7) is 0. The molecule has 0 bridgehead atoms. The van der Waals surface area contributed by atoms with Crippen molar-refractivity contribution in [1.29, 1.82) is 0 Å². The summed E-state index contributed by atoms with van der Waals surface area (Å²) in [4.78, 5) is 19.9. The summed E-state index contributed by atoms with van der Waals surface area (Å²) in [6, 6.07) is 10.6. The van der Waals surface area contributed by atoms with Crippen LogP contribution >= 0.6 is 0 Å². The standard InChI is InChI=1S/C7H5NO4.C6H6O2/c9-7(10)5-1-3-6(4-2-5)8(11)12;7-5-2-1-3-6(8)4-5/h1-4H,(H,9,10);1-4,7-8H. The number of benzene rings is 2. The van der Waals surface area contributed by atoms with E-state index in [1.807, 2.05) is 0 Å². The maximum absolute atomic E-state index is 10.3. The van der Waals surface area contributed by atoms with Crippen molar-refractivity contribution in [1.82, 2.24) is 0 Å². The van der Waals surface area contributed by atoms with Crippen LogP contribution in [0.1, 0.15) is 10.4 Å². The van der Waals surface area contributed by atoms with E-state index in [0.29, 0.717) is 0 Å². The van der Waals surface area contributed by atoms with Crippen LogP contribution in [-0.4, -0.2) is 26.2 Å². The van der Waals surface area contributed by atoms with E-state index >= 15 is 0 Å². The first-order valence-electron chi connectivity index (χ1n) is 5.36. The number of rotatable bonds is 2. The van der Waals surface area contributed by atoms with E-state index in [1.165, 1.54) is 30.3 Å². The van der Waals surface area contributed by atoms with Gasteiger partial charge in [-0.25, -0.2) is 4.79 Å². The van der Waals surface area contributed by atoms with E-state index < -0.39 is 10.9 Å². The number of carboxylic acids is 1. The molecule has 0 aliphatic heterocycles. The normalized spacial score (nSPS) is 9.20. The van der Waals surface area contributed by atoms with Crippen LogP contribution in [0.4, 0.5) is 5.69 Å². The van der Waals surface area contributed by atoms with Crippen molar-refractivity contribution in [2.75, 3.05) is 0 Å². The number of hydrogen-bond acceptors (Lipinski definition) is 5. The fourth-order valence-corrected chi connectivity index (χ4v) is 1.22. The van der Waals surface area contributed by atoms with Gasteiger partial charge in [0.2, 0.25) is 0 Å². The van der Waals surface area contributed by atoms with Crippen molar-refractivity contribution >= 4 is 11.7 Å². The van der Waals surface area contributed by atoms with Gasteiger partial charge in [0.05, 0.1) is 10.5 Å². The van der Waals surface area contributed by atoms with Crippen LogP contribution in [-0.2, 0) is 0 Å².